The largest absolute Gasteiger partial charge is 0.455 e. The number of aromatic amines is 1. The molecule has 13 nitrogen and oxygen atoms in total. The molecule has 1 saturated heterocycles. The number of nitrogens with zero attached hydrogens (tertiary/aromatic N) is 4. The van der Waals surface area contributed by atoms with Crippen LogP contribution < -0.4 is 19.7 Å². The second kappa shape index (κ2) is 18.7. The standard InChI is InChI=1S/C46H56F3N7O6S/c1-30-5-7-32(8-6-30)27-51-40-12-10-37(25-41(40)56(58)59)63(60,61)53-44(57)38-11-9-35(24-42(38)62-36-23-33-15-18-50-43(33)52-28-36)55-21-19-54(20-22-55)29-34-14-16-45(3,4)26-39(34)31(2)13-17-46(47,48)49/h9-12,15,18,23-25,28,30,32,51H,2,5-8,13-14,16-17,19-22,26-27,29H2,1,3-4H3,(H,50,52)(H,53,57)/t30-,32+. The lowest BCUT2D eigenvalue weighted by Gasteiger charge is -2.39. The smallest absolute Gasteiger partial charge is 0.389 e. The zero-order chi connectivity index (χ0) is 45.1. The van der Waals surface area contributed by atoms with Crippen molar-refractivity contribution in [1.82, 2.24) is 19.6 Å². The topological polar surface area (TPSA) is 163 Å². The number of amides is 1. The highest BCUT2D eigenvalue weighted by Gasteiger charge is 2.33. The first kappa shape index (κ1) is 45.6. The van der Waals surface area contributed by atoms with E-state index >= 15 is 0 Å². The van der Waals surface area contributed by atoms with E-state index < -0.39 is 44.0 Å². The molecule has 2 aromatic heterocycles. The van der Waals surface area contributed by atoms with Crippen LogP contribution in [0.15, 0.2) is 89.1 Å². The normalized spacial score (nSPS) is 19.8. The first-order valence-corrected chi connectivity index (χ1v) is 23.1. The molecule has 3 aliphatic rings. The summed E-state index contributed by atoms with van der Waals surface area (Å²) in [5.41, 5.74) is 3.71. The molecular formula is C46H56F3N7O6S. The number of nitro groups is 1. The molecule has 0 radical (unpaired) electrons. The van der Waals surface area contributed by atoms with Crippen LogP contribution in [0.3, 0.4) is 0 Å². The van der Waals surface area contributed by atoms with Gasteiger partial charge in [0.1, 0.15) is 22.8 Å². The molecule has 17 heteroatoms. The second-order valence-electron chi connectivity index (χ2n) is 18.2. The Morgan fingerprint density at radius 3 is 2.52 bits per heavy atom. The Labute approximate surface area is 366 Å². The molecule has 2 aromatic carbocycles. The molecule has 1 aliphatic heterocycles. The van der Waals surface area contributed by atoms with Crippen LogP contribution in [0.4, 0.5) is 30.2 Å². The maximum absolute atomic E-state index is 13.9. The third-order valence-electron chi connectivity index (χ3n) is 12.7. The molecule has 0 atom stereocenters. The molecular weight excluding hydrogens is 836 g/mol. The molecule has 338 valence electrons. The van der Waals surface area contributed by atoms with E-state index in [1.807, 2.05) is 6.07 Å². The molecule has 7 rings (SSSR count). The van der Waals surface area contributed by atoms with Crippen LogP contribution in [0.5, 0.6) is 11.5 Å². The van der Waals surface area contributed by atoms with Crippen LogP contribution in [0.25, 0.3) is 11.0 Å². The lowest BCUT2D eigenvalue weighted by atomic mass is 9.72. The number of allylic oxidation sites excluding steroid dienone is 2. The summed E-state index contributed by atoms with van der Waals surface area (Å²) >= 11 is 0. The van der Waals surface area contributed by atoms with Crippen LogP contribution in [0.1, 0.15) is 88.9 Å². The summed E-state index contributed by atoms with van der Waals surface area (Å²) in [7, 11) is -4.59. The third-order valence-corrected chi connectivity index (χ3v) is 14.0. The van der Waals surface area contributed by atoms with Gasteiger partial charge in [-0.15, -0.1) is 0 Å². The minimum Gasteiger partial charge on any atom is -0.455 e. The van der Waals surface area contributed by atoms with Crippen molar-refractivity contribution in [2.24, 2.45) is 17.3 Å². The van der Waals surface area contributed by atoms with Crippen molar-refractivity contribution in [3.63, 3.8) is 0 Å². The lowest BCUT2D eigenvalue weighted by Crippen LogP contribution is -2.47. The summed E-state index contributed by atoms with van der Waals surface area (Å²) in [6, 6.07) is 12.0. The maximum atomic E-state index is 13.9. The van der Waals surface area contributed by atoms with Crippen LogP contribution in [0, 0.1) is 27.4 Å². The van der Waals surface area contributed by atoms with Crippen molar-refractivity contribution in [3.05, 3.63) is 99.9 Å². The summed E-state index contributed by atoms with van der Waals surface area (Å²) in [4.78, 5) is 36.8. The fourth-order valence-corrected chi connectivity index (χ4v) is 9.83. The number of piperazine rings is 1. The van der Waals surface area contributed by atoms with E-state index in [0.29, 0.717) is 74.5 Å². The number of hydrogen-bond donors (Lipinski definition) is 3. The van der Waals surface area contributed by atoms with Crippen LogP contribution in [-0.2, 0) is 10.0 Å². The average molecular weight is 892 g/mol. The van der Waals surface area contributed by atoms with Gasteiger partial charge in [-0.2, -0.15) is 13.2 Å². The Hall–Kier alpha value is -5.42. The van der Waals surface area contributed by atoms with E-state index in [1.165, 1.54) is 24.4 Å². The van der Waals surface area contributed by atoms with Gasteiger partial charge in [0.05, 0.1) is 21.6 Å². The molecule has 3 heterocycles. The quantitative estimate of drug-likeness (QED) is 0.0773. The van der Waals surface area contributed by atoms with Crippen molar-refractivity contribution in [1.29, 1.82) is 0 Å². The first-order valence-electron chi connectivity index (χ1n) is 21.6. The number of rotatable bonds is 15. The van der Waals surface area contributed by atoms with Crippen LogP contribution >= 0.6 is 0 Å². The number of fused-ring (bicyclic) bond motifs is 1. The van der Waals surface area contributed by atoms with Gasteiger partial charge in [-0.3, -0.25) is 19.8 Å². The van der Waals surface area contributed by atoms with Crippen molar-refractivity contribution in [3.8, 4) is 11.5 Å². The number of carbonyl (C=O) groups is 1. The maximum Gasteiger partial charge on any atom is 0.389 e. The molecule has 63 heavy (non-hydrogen) atoms. The van der Waals surface area contributed by atoms with Crippen LogP contribution in [0.2, 0.25) is 0 Å². The Balaban J connectivity index is 1.08. The number of anilines is 2. The number of alkyl halides is 3. The van der Waals surface area contributed by atoms with E-state index in [0.717, 1.165) is 66.8 Å². The molecule has 2 aliphatic carbocycles. The van der Waals surface area contributed by atoms with E-state index in [1.54, 1.807) is 24.4 Å². The fraction of sp³-hybridized carbons (Fsp3) is 0.478. The summed E-state index contributed by atoms with van der Waals surface area (Å²) in [5.74, 6) is 0.391. The molecule has 0 unspecified atom stereocenters. The molecule has 4 aromatic rings. The highest BCUT2D eigenvalue weighted by molar-refractivity contribution is 7.90. The van der Waals surface area contributed by atoms with E-state index in [-0.39, 0.29) is 28.8 Å². The zero-order valence-electron chi connectivity index (χ0n) is 36.0. The Morgan fingerprint density at radius 2 is 1.81 bits per heavy atom. The highest BCUT2D eigenvalue weighted by Crippen LogP contribution is 2.43. The first-order chi connectivity index (χ1) is 29.8. The number of pyridine rings is 1. The number of carbonyl (C=O) groups excluding carboxylic acids is 1. The molecule has 1 saturated carbocycles. The number of nitro benzene ring substituents is 1. The van der Waals surface area contributed by atoms with Gasteiger partial charge in [0.25, 0.3) is 21.6 Å². The molecule has 0 spiro atoms. The van der Waals surface area contributed by atoms with Crippen molar-refractivity contribution >= 4 is 44.0 Å². The fourth-order valence-electron chi connectivity index (χ4n) is 8.84. The van der Waals surface area contributed by atoms with Crippen LogP contribution in [-0.4, -0.2) is 79.6 Å². The van der Waals surface area contributed by atoms with Crippen molar-refractivity contribution in [2.75, 3.05) is 49.5 Å². The van der Waals surface area contributed by atoms with Gasteiger partial charge < -0.3 is 19.9 Å². The van der Waals surface area contributed by atoms with Gasteiger partial charge in [0.2, 0.25) is 0 Å². The van der Waals surface area contributed by atoms with Crippen molar-refractivity contribution in [2.45, 2.75) is 89.6 Å². The lowest BCUT2D eigenvalue weighted by molar-refractivity contribution is -0.384. The minimum atomic E-state index is -4.59. The van der Waals surface area contributed by atoms with Gasteiger partial charge in [-0.1, -0.05) is 51.3 Å². The number of benzene rings is 2. The van der Waals surface area contributed by atoms with Gasteiger partial charge in [0.15, 0.2) is 0 Å². The van der Waals surface area contributed by atoms with E-state index in [2.05, 4.69) is 57.2 Å². The van der Waals surface area contributed by atoms with Gasteiger partial charge >= 0.3 is 6.18 Å². The number of sulfonamides is 1. The summed E-state index contributed by atoms with van der Waals surface area (Å²) in [6.07, 6.45) is 4.61. The molecule has 0 bridgehead atoms. The summed E-state index contributed by atoms with van der Waals surface area (Å²) < 4.78 is 75.1. The van der Waals surface area contributed by atoms with Gasteiger partial charge in [0, 0.05) is 75.1 Å². The number of halogens is 3. The summed E-state index contributed by atoms with van der Waals surface area (Å²) in [5, 5.41) is 16.0. The second-order valence-corrected chi connectivity index (χ2v) is 19.8. The number of ether oxygens (including phenoxy) is 1. The predicted molar refractivity (Wildman–Crippen MR) is 238 cm³/mol. The monoisotopic (exact) mass is 891 g/mol. The molecule has 2 fully saturated rings. The third kappa shape index (κ3) is 11.6. The van der Waals surface area contributed by atoms with Gasteiger partial charge in [-0.25, -0.2) is 18.1 Å². The zero-order valence-corrected chi connectivity index (χ0v) is 36.8. The van der Waals surface area contributed by atoms with E-state index in [9.17, 15) is 36.5 Å². The van der Waals surface area contributed by atoms with Crippen molar-refractivity contribution < 1.29 is 36.0 Å². The number of aromatic nitrogens is 2. The number of hydrogen-bond acceptors (Lipinski definition) is 10. The van der Waals surface area contributed by atoms with Gasteiger partial charge in [-0.05, 0) is 97.7 Å². The summed E-state index contributed by atoms with van der Waals surface area (Å²) in [6.45, 7) is 14.3. The number of nitrogens with one attached hydrogen (secondary N) is 3. The van der Waals surface area contributed by atoms with E-state index in [4.69, 9.17) is 4.74 Å². The predicted octanol–water partition coefficient (Wildman–Crippen LogP) is 10.1. The minimum absolute atomic E-state index is 0.0219. The molecule has 1 amide bonds. The SMILES string of the molecule is C=C(CCC(F)(F)F)C1=C(CN2CCN(c3ccc(C(=O)NS(=O)(=O)c4ccc(NC[C@H]5CC[C@@H](C)CC5)c([N+](=O)[O-])c4)c(Oc4cnc5[nH]ccc5c4)c3)CC2)CCC(C)(C)C1. The average Bonchev–Trinajstić information content (AvgIpc) is 3.71. The Morgan fingerprint density at radius 1 is 1.06 bits per heavy atom. The number of H-pyrrole nitrogens is 1. The highest BCUT2D eigenvalue weighted by atomic mass is 32.2. The Kier molecular flexibility index (Phi) is 13.6. The molecule has 3 N–H and O–H groups in total. The Bertz CT molecular complexity index is 2490.